The van der Waals surface area contributed by atoms with Gasteiger partial charge in [-0.15, -0.1) is 0 Å². The molecule has 0 bridgehead atoms. The zero-order valence-corrected chi connectivity index (χ0v) is 10.3. The van der Waals surface area contributed by atoms with Crippen molar-refractivity contribution < 1.29 is 0 Å². The highest BCUT2D eigenvalue weighted by Gasteiger charge is 2.00. The van der Waals surface area contributed by atoms with Crippen LogP contribution < -0.4 is 10.2 Å². The van der Waals surface area contributed by atoms with Gasteiger partial charge in [0.15, 0.2) is 0 Å². The first-order chi connectivity index (χ1) is 7.15. The summed E-state index contributed by atoms with van der Waals surface area (Å²) in [6.07, 6.45) is 2.47. The molecule has 1 aromatic carbocycles. The Morgan fingerprint density at radius 1 is 1.27 bits per heavy atom. The Kier molecular flexibility index (Phi) is 4.47. The maximum Gasteiger partial charge on any atom is 0.0371 e. The minimum absolute atomic E-state index is 1.07. The molecule has 0 aliphatic rings. The Balaban J connectivity index is 2.66. The molecule has 0 saturated carbocycles. The average molecular weight is 206 g/mol. The third-order valence-electron chi connectivity index (χ3n) is 2.57. The van der Waals surface area contributed by atoms with Crippen LogP contribution in [-0.2, 0) is 0 Å². The molecular weight excluding hydrogens is 184 g/mol. The molecule has 0 unspecified atom stereocenters. The number of rotatable bonds is 5. The molecule has 84 valence electrons. The van der Waals surface area contributed by atoms with Crippen molar-refractivity contribution in [2.45, 2.75) is 26.7 Å². The highest BCUT2D eigenvalue weighted by Crippen LogP contribution is 2.21. The average Bonchev–Trinajstić information content (AvgIpc) is 2.20. The van der Waals surface area contributed by atoms with Crippen molar-refractivity contribution in [2.75, 3.05) is 30.9 Å². The lowest BCUT2D eigenvalue weighted by atomic mass is 10.1. The summed E-state index contributed by atoms with van der Waals surface area (Å²) in [6.45, 7) is 5.43. The highest BCUT2D eigenvalue weighted by molar-refractivity contribution is 5.59. The first-order valence-electron chi connectivity index (χ1n) is 5.67. The lowest BCUT2D eigenvalue weighted by molar-refractivity contribution is 0.833. The van der Waals surface area contributed by atoms with Crippen molar-refractivity contribution in [1.82, 2.24) is 0 Å². The van der Waals surface area contributed by atoms with Gasteiger partial charge in [-0.05, 0) is 37.1 Å². The third-order valence-corrected chi connectivity index (χ3v) is 2.57. The second-order valence-electron chi connectivity index (χ2n) is 4.17. The molecule has 0 saturated heterocycles. The van der Waals surface area contributed by atoms with Gasteiger partial charge in [-0.1, -0.05) is 13.3 Å². The lowest BCUT2D eigenvalue weighted by Gasteiger charge is -2.15. The van der Waals surface area contributed by atoms with Crippen molar-refractivity contribution in [3.05, 3.63) is 23.8 Å². The van der Waals surface area contributed by atoms with Gasteiger partial charge in [0.25, 0.3) is 0 Å². The van der Waals surface area contributed by atoms with Gasteiger partial charge in [0.2, 0.25) is 0 Å². The molecule has 0 aliphatic carbocycles. The molecule has 1 aromatic rings. The van der Waals surface area contributed by atoms with E-state index >= 15 is 0 Å². The lowest BCUT2D eigenvalue weighted by Crippen LogP contribution is -2.09. The fourth-order valence-corrected chi connectivity index (χ4v) is 1.52. The van der Waals surface area contributed by atoms with Crippen molar-refractivity contribution in [3.63, 3.8) is 0 Å². The van der Waals surface area contributed by atoms with Gasteiger partial charge in [0, 0.05) is 32.0 Å². The van der Waals surface area contributed by atoms with Gasteiger partial charge in [0.05, 0.1) is 0 Å². The van der Waals surface area contributed by atoms with E-state index in [0.717, 1.165) is 6.54 Å². The molecule has 0 radical (unpaired) electrons. The van der Waals surface area contributed by atoms with E-state index in [-0.39, 0.29) is 0 Å². The van der Waals surface area contributed by atoms with E-state index in [4.69, 9.17) is 0 Å². The number of nitrogens with one attached hydrogen (secondary N) is 1. The SMILES string of the molecule is CCCCNc1ccc(N(C)C)cc1C. The van der Waals surface area contributed by atoms with Crippen LogP contribution in [0.1, 0.15) is 25.3 Å². The zero-order chi connectivity index (χ0) is 11.3. The van der Waals surface area contributed by atoms with Crippen LogP contribution >= 0.6 is 0 Å². The smallest absolute Gasteiger partial charge is 0.0371 e. The zero-order valence-electron chi connectivity index (χ0n) is 10.3. The van der Waals surface area contributed by atoms with Crippen LogP contribution in [0.5, 0.6) is 0 Å². The first-order valence-corrected chi connectivity index (χ1v) is 5.67. The predicted molar refractivity (Wildman–Crippen MR) is 68.9 cm³/mol. The van der Waals surface area contributed by atoms with Crippen molar-refractivity contribution >= 4 is 11.4 Å². The van der Waals surface area contributed by atoms with E-state index in [1.54, 1.807) is 0 Å². The number of hydrogen-bond acceptors (Lipinski definition) is 2. The summed E-state index contributed by atoms with van der Waals surface area (Å²) < 4.78 is 0. The number of benzene rings is 1. The summed E-state index contributed by atoms with van der Waals surface area (Å²) in [4.78, 5) is 2.13. The van der Waals surface area contributed by atoms with E-state index in [9.17, 15) is 0 Å². The van der Waals surface area contributed by atoms with E-state index in [1.807, 2.05) is 0 Å². The normalized spacial score (nSPS) is 10.1. The summed E-state index contributed by atoms with van der Waals surface area (Å²) >= 11 is 0. The maximum absolute atomic E-state index is 3.46. The molecule has 0 aromatic heterocycles. The van der Waals surface area contributed by atoms with Crippen LogP contribution in [0.3, 0.4) is 0 Å². The Labute approximate surface area is 93.3 Å². The highest BCUT2D eigenvalue weighted by atomic mass is 15.1. The van der Waals surface area contributed by atoms with Crippen LogP contribution in [0, 0.1) is 6.92 Å². The van der Waals surface area contributed by atoms with Gasteiger partial charge < -0.3 is 10.2 Å². The van der Waals surface area contributed by atoms with Gasteiger partial charge in [-0.3, -0.25) is 0 Å². The second kappa shape index (κ2) is 5.64. The monoisotopic (exact) mass is 206 g/mol. The largest absolute Gasteiger partial charge is 0.385 e. The Morgan fingerprint density at radius 3 is 2.53 bits per heavy atom. The van der Waals surface area contributed by atoms with Gasteiger partial charge in [0.1, 0.15) is 0 Å². The summed E-state index contributed by atoms with van der Waals surface area (Å²) in [5, 5.41) is 3.46. The Hall–Kier alpha value is -1.18. The molecule has 1 rings (SSSR count). The van der Waals surface area contributed by atoms with E-state index in [2.05, 4.69) is 56.4 Å². The molecule has 0 heterocycles. The molecule has 0 amide bonds. The summed E-state index contributed by atoms with van der Waals surface area (Å²) in [6, 6.07) is 6.54. The molecule has 0 spiro atoms. The van der Waals surface area contributed by atoms with Crippen LogP contribution in [0.2, 0.25) is 0 Å². The fraction of sp³-hybridized carbons (Fsp3) is 0.538. The van der Waals surface area contributed by atoms with Crippen LogP contribution in [-0.4, -0.2) is 20.6 Å². The molecule has 1 N–H and O–H groups in total. The van der Waals surface area contributed by atoms with E-state index < -0.39 is 0 Å². The number of anilines is 2. The molecule has 0 aliphatic heterocycles. The number of unbranched alkanes of at least 4 members (excludes halogenated alkanes) is 1. The quantitative estimate of drug-likeness (QED) is 0.744. The minimum atomic E-state index is 1.07. The molecule has 15 heavy (non-hydrogen) atoms. The van der Waals surface area contributed by atoms with Gasteiger partial charge >= 0.3 is 0 Å². The molecule has 2 heteroatoms. The number of nitrogens with zero attached hydrogens (tertiary/aromatic N) is 1. The minimum Gasteiger partial charge on any atom is -0.385 e. The third kappa shape index (κ3) is 3.46. The van der Waals surface area contributed by atoms with Gasteiger partial charge in [-0.25, -0.2) is 0 Å². The molecule has 0 atom stereocenters. The Bertz CT molecular complexity index is 305. The Morgan fingerprint density at radius 2 is 2.00 bits per heavy atom. The van der Waals surface area contributed by atoms with Crippen LogP contribution in [0.15, 0.2) is 18.2 Å². The van der Waals surface area contributed by atoms with Crippen molar-refractivity contribution in [3.8, 4) is 0 Å². The molecular formula is C13H22N2. The van der Waals surface area contributed by atoms with Crippen molar-refractivity contribution in [2.24, 2.45) is 0 Å². The predicted octanol–water partition coefficient (Wildman–Crippen LogP) is 3.27. The summed E-state index contributed by atoms with van der Waals surface area (Å²) in [5.74, 6) is 0. The van der Waals surface area contributed by atoms with E-state index in [0.29, 0.717) is 0 Å². The molecule has 0 fully saturated rings. The number of hydrogen-bond donors (Lipinski definition) is 1. The summed E-state index contributed by atoms with van der Waals surface area (Å²) in [5.41, 5.74) is 3.83. The fourth-order valence-electron chi connectivity index (χ4n) is 1.52. The van der Waals surface area contributed by atoms with Crippen LogP contribution in [0.4, 0.5) is 11.4 Å². The second-order valence-corrected chi connectivity index (χ2v) is 4.17. The number of aryl methyl sites for hydroxylation is 1. The maximum atomic E-state index is 3.46. The van der Waals surface area contributed by atoms with Gasteiger partial charge in [-0.2, -0.15) is 0 Å². The first kappa shape index (κ1) is 11.9. The molecule has 2 nitrogen and oxygen atoms in total. The van der Waals surface area contributed by atoms with E-state index in [1.165, 1.54) is 29.8 Å². The summed E-state index contributed by atoms with van der Waals surface area (Å²) in [7, 11) is 4.14. The van der Waals surface area contributed by atoms with Crippen molar-refractivity contribution in [1.29, 1.82) is 0 Å². The standard InChI is InChI=1S/C13H22N2/c1-5-6-9-14-13-8-7-12(15(3)4)10-11(13)2/h7-8,10,14H,5-6,9H2,1-4H3. The topological polar surface area (TPSA) is 15.3 Å². The van der Waals surface area contributed by atoms with Crippen LogP contribution in [0.25, 0.3) is 0 Å².